The van der Waals surface area contributed by atoms with Gasteiger partial charge in [0.25, 0.3) is 5.91 Å². The first-order valence-electron chi connectivity index (χ1n) is 9.33. The van der Waals surface area contributed by atoms with Crippen molar-refractivity contribution < 1.29 is 19.1 Å². The van der Waals surface area contributed by atoms with Crippen LogP contribution in [0, 0.1) is 6.92 Å². The van der Waals surface area contributed by atoms with Gasteiger partial charge in [0.1, 0.15) is 17.2 Å². The van der Waals surface area contributed by atoms with E-state index in [0.29, 0.717) is 17.2 Å². The Hall–Kier alpha value is -4.06. The first-order chi connectivity index (χ1) is 14.5. The molecule has 0 fully saturated rings. The van der Waals surface area contributed by atoms with Gasteiger partial charge in [-0.3, -0.25) is 9.59 Å². The van der Waals surface area contributed by atoms with Crippen LogP contribution in [-0.4, -0.2) is 18.4 Å². The zero-order chi connectivity index (χ0) is 21.3. The van der Waals surface area contributed by atoms with E-state index in [2.05, 4.69) is 5.32 Å². The Morgan fingerprint density at radius 3 is 2.03 bits per heavy atom. The van der Waals surface area contributed by atoms with Crippen LogP contribution >= 0.6 is 0 Å². The summed E-state index contributed by atoms with van der Waals surface area (Å²) in [6.45, 7) is 1.85. The topological polar surface area (TPSA) is 90.7 Å². The molecule has 0 saturated heterocycles. The van der Waals surface area contributed by atoms with E-state index in [9.17, 15) is 9.59 Å². The summed E-state index contributed by atoms with van der Waals surface area (Å²) < 4.78 is 11.0. The van der Waals surface area contributed by atoms with Gasteiger partial charge in [-0.2, -0.15) is 0 Å². The van der Waals surface area contributed by atoms with Crippen LogP contribution in [0.2, 0.25) is 0 Å². The standard InChI is InChI=1S/C24H22N2O4/c1-17-2-9-21(10-3-17)30-22-13-7-19(8-14-22)26-24(28)15-6-18-4-11-20(12-5-18)29-16-23(25)27/h2-15H,16H2,1H3,(H2,25,27)(H,26,28). The van der Waals surface area contributed by atoms with Crippen LogP contribution in [0.4, 0.5) is 5.69 Å². The third-order valence-electron chi connectivity index (χ3n) is 4.07. The molecule has 3 N–H and O–H groups in total. The molecular formula is C24H22N2O4. The summed E-state index contributed by atoms with van der Waals surface area (Å²) in [7, 11) is 0. The number of benzene rings is 3. The fourth-order valence-corrected chi connectivity index (χ4v) is 2.53. The van der Waals surface area contributed by atoms with Crippen molar-refractivity contribution in [1.29, 1.82) is 0 Å². The molecule has 3 rings (SSSR count). The molecule has 0 aliphatic heterocycles. The number of nitrogens with two attached hydrogens (primary N) is 1. The fourth-order valence-electron chi connectivity index (χ4n) is 2.53. The third kappa shape index (κ3) is 6.53. The molecule has 0 aliphatic carbocycles. The van der Waals surface area contributed by atoms with E-state index in [0.717, 1.165) is 11.3 Å². The Labute approximate surface area is 174 Å². The Morgan fingerprint density at radius 2 is 1.43 bits per heavy atom. The van der Waals surface area contributed by atoms with Crippen molar-refractivity contribution in [3.05, 3.63) is 90.0 Å². The smallest absolute Gasteiger partial charge is 0.255 e. The van der Waals surface area contributed by atoms with Gasteiger partial charge in [0.05, 0.1) is 0 Å². The number of carbonyl (C=O) groups excluding carboxylic acids is 2. The largest absolute Gasteiger partial charge is 0.484 e. The molecule has 0 spiro atoms. The monoisotopic (exact) mass is 402 g/mol. The number of carbonyl (C=O) groups is 2. The highest BCUT2D eigenvalue weighted by molar-refractivity contribution is 6.01. The highest BCUT2D eigenvalue weighted by Gasteiger charge is 2.01. The summed E-state index contributed by atoms with van der Waals surface area (Å²) in [5.41, 5.74) is 7.68. The van der Waals surface area contributed by atoms with Crippen molar-refractivity contribution in [3.63, 3.8) is 0 Å². The predicted octanol–water partition coefficient (Wildman–Crippen LogP) is 4.30. The molecule has 6 heteroatoms. The molecule has 30 heavy (non-hydrogen) atoms. The van der Waals surface area contributed by atoms with E-state index in [1.807, 2.05) is 31.2 Å². The minimum Gasteiger partial charge on any atom is -0.484 e. The second kappa shape index (κ2) is 9.93. The molecule has 3 aromatic carbocycles. The van der Waals surface area contributed by atoms with E-state index in [-0.39, 0.29) is 12.5 Å². The molecule has 0 saturated carbocycles. The number of ether oxygens (including phenoxy) is 2. The van der Waals surface area contributed by atoms with Gasteiger partial charge in [-0.1, -0.05) is 29.8 Å². The van der Waals surface area contributed by atoms with Crippen molar-refractivity contribution in [2.45, 2.75) is 6.92 Å². The molecule has 0 heterocycles. The zero-order valence-electron chi connectivity index (χ0n) is 16.5. The minimum absolute atomic E-state index is 0.174. The molecule has 0 aliphatic rings. The number of aryl methyl sites for hydroxylation is 1. The first-order valence-corrected chi connectivity index (χ1v) is 9.33. The second-order valence-electron chi connectivity index (χ2n) is 6.59. The van der Waals surface area contributed by atoms with Crippen molar-refractivity contribution in [2.24, 2.45) is 5.73 Å². The van der Waals surface area contributed by atoms with Crippen LogP contribution in [0.25, 0.3) is 6.08 Å². The Bertz CT molecular complexity index is 1020. The molecule has 0 unspecified atom stereocenters. The Balaban J connectivity index is 1.51. The number of anilines is 1. The first kappa shape index (κ1) is 20.7. The number of hydrogen-bond acceptors (Lipinski definition) is 4. The van der Waals surface area contributed by atoms with Crippen molar-refractivity contribution in [3.8, 4) is 17.2 Å². The number of primary amides is 1. The average molecular weight is 402 g/mol. The highest BCUT2D eigenvalue weighted by Crippen LogP contribution is 2.23. The molecule has 0 atom stereocenters. The normalized spacial score (nSPS) is 10.6. The lowest BCUT2D eigenvalue weighted by Gasteiger charge is -2.07. The van der Waals surface area contributed by atoms with Crippen molar-refractivity contribution in [1.82, 2.24) is 0 Å². The predicted molar refractivity (Wildman–Crippen MR) is 116 cm³/mol. The van der Waals surface area contributed by atoms with Crippen LogP contribution in [0.1, 0.15) is 11.1 Å². The lowest BCUT2D eigenvalue weighted by Crippen LogP contribution is -2.19. The molecule has 0 bridgehead atoms. The van der Waals surface area contributed by atoms with Crippen molar-refractivity contribution in [2.75, 3.05) is 11.9 Å². The van der Waals surface area contributed by atoms with Crippen LogP contribution < -0.4 is 20.5 Å². The molecule has 152 valence electrons. The van der Waals surface area contributed by atoms with E-state index in [1.165, 1.54) is 11.6 Å². The lowest BCUT2D eigenvalue weighted by atomic mass is 10.2. The average Bonchev–Trinajstić information content (AvgIpc) is 2.74. The molecule has 2 amide bonds. The lowest BCUT2D eigenvalue weighted by molar-refractivity contribution is -0.120. The van der Waals surface area contributed by atoms with E-state index in [1.54, 1.807) is 54.6 Å². The highest BCUT2D eigenvalue weighted by atomic mass is 16.5. The van der Waals surface area contributed by atoms with Crippen LogP contribution in [0.3, 0.4) is 0 Å². The molecular weight excluding hydrogens is 380 g/mol. The summed E-state index contributed by atoms with van der Waals surface area (Å²) in [5.74, 6) is 1.18. The van der Waals surface area contributed by atoms with Gasteiger partial charge in [-0.15, -0.1) is 0 Å². The Morgan fingerprint density at radius 1 is 0.867 bits per heavy atom. The number of hydrogen-bond donors (Lipinski definition) is 2. The fraction of sp³-hybridized carbons (Fsp3) is 0.0833. The van der Waals surface area contributed by atoms with Gasteiger partial charge in [-0.05, 0) is 67.1 Å². The SMILES string of the molecule is Cc1ccc(Oc2ccc(NC(=O)C=Cc3ccc(OCC(N)=O)cc3)cc2)cc1. The van der Waals surface area contributed by atoms with Gasteiger partial charge in [0, 0.05) is 11.8 Å². The van der Waals surface area contributed by atoms with Gasteiger partial charge in [-0.25, -0.2) is 0 Å². The van der Waals surface area contributed by atoms with Crippen LogP contribution in [0.15, 0.2) is 78.9 Å². The van der Waals surface area contributed by atoms with Crippen LogP contribution in [0.5, 0.6) is 17.2 Å². The summed E-state index contributed by atoms with van der Waals surface area (Å²) in [4.78, 5) is 22.8. The molecule has 0 aromatic heterocycles. The summed E-state index contributed by atoms with van der Waals surface area (Å²) in [6, 6.07) is 21.9. The van der Waals surface area contributed by atoms with Gasteiger partial charge in [0.15, 0.2) is 6.61 Å². The minimum atomic E-state index is -0.537. The summed E-state index contributed by atoms with van der Waals surface area (Å²) >= 11 is 0. The van der Waals surface area contributed by atoms with Gasteiger partial charge >= 0.3 is 0 Å². The number of rotatable bonds is 8. The molecule has 3 aromatic rings. The maximum atomic E-state index is 12.1. The van der Waals surface area contributed by atoms with E-state index in [4.69, 9.17) is 15.2 Å². The zero-order valence-corrected chi connectivity index (χ0v) is 16.5. The van der Waals surface area contributed by atoms with Crippen LogP contribution in [-0.2, 0) is 9.59 Å². The van der Waals surface area contributed by atoms with E-state index < -0.39 is 5.91 Å². The number of nitrogens with one attached hydrogen (secondary N) is 1. The summed E-state index contributed by atoms with van der Waals surface area (Å²) in [6.07, 6.45) is 3.12. The third-order valence-corrected chi connectivity index (χ3v) is 4.07. The van der Waals surface area contributed by atoms with Crippen molar-refractivity contribution >= 4 is 23.6 Å². The number of amides is 2. The maximum Gasteiger partial charge on any atom is 0.255 e. The maximum absolute atomic E-state index is 12.1. The second-order valence-corrected chi connectivity index (χ2v) is 6.59. The molecule has 6 nitrogen and oxygen atoms in total. The quantitative estimate of drug-likeness (QED) is 0.550. The van der Waals surface area contributed by atoms with Gasteiger partial charge < -0.3 is 20.5 Å². The molecule has 0 radical (unpaired) electrons. The Kier molecular flexibility index (Phi) is 6.84. The van der Waals surface area contributed by atoms with E-state index >= 15 is 0 Å². The van der Waals surface area contributed by atoms with Gasteiger partial charge in [0.2, 0.25) is 5.91 Å². The summed E-state index contributed by atoms with van der Waals surface area (Å²) in [5, 5.41) is 2.80.